The van der Waals surface area contributed by atoms with Crippen molar-refractivity contribution >= 4 is 5.78 Å². The number of methoxy groups -OCH3 is 1. The Kier molecular flexibility index (Phi) is 1.71. The van der Waals surface area contributed by atoms with Gasteiger partial charge in [0, 0.05) is 20.7 Å². The number of ether oxygens (including phenoxy) is 2. The molecule has 1 saturated heterocycles. The molecule has 4 atom stereocenters. The number of likely N-dealkylation sites (tertiary alicyclic amines) is 1. The van der Waals surface area contributed by atoms with Gasteiger partial charge in [-0.1, -0.05) is 6.07 Å². The molecule has 122 valence electrons. The summed E-state index contributed by atoms with van der Waals surface area (Å²) in [5.74, 6) is -0.550. The zero-order valence-corrected chi connectivity index (χ0v) is 12.8. The molecule has 0 aromatic heterocycles. The van der Waals surface area contributed by atoms with E-state index in [1.165, 1.54) is 6.07 Å². The van der Waals surface area contributed by atoms with E-state index in [1.807, 2.05) is 11.9 Å². The van der Waals surface area contributed by atoms with Crippen LogP contribution in [0.1, 0.15) is 37.2 Å². The maximum atomic E-state index is 13.0. The Bertz CT molecular complexity index is 903. The second kappa shape index (κ2) is 4.08. The largest absolute Gasteiger partial charge is 0.493 e. The lowest BCUT2D eigenvalue weighted by Gasteiger charge is -2.62. The van der Waals surface area contributed by atoms with Crippen molar-refractivity contribution in [1.29, 1.82) is 0 Å². The standard InChI is InChI=1S/C18H21NO4/c1-19-8-7-17-14-10-3-4-12(22-2)15(14)23-16(17)11(20)5-6-18(17,21)13(19)9-10/h3-4,13,16,21H,5-9H2,1-2H3/t13-,16?,17+,18-/m1/s1/i2D3,5D2. The van der Waals surface area contributed by atoms with Crippen molar-refractivity contribution < 1.29 is 26.2 Å². The van der Waals surface area contributed by atoms with E-state index in [2.05, 4.69) is 0 Å². The van der Waals surface area contributed by atoms with Crippen LogP contribution in [0.3, 0.4) is 0 Å². The Morgan fingerprint density at radius 1 is 1.52 bits per heavy atom. The third-order valence-corrected chi connectivity index (χ3v) is 6.35. The van der Waals surface area contributed by atoms with Crippen molar-refractivity contribution in [2.24, 2.45) is 0 Å². The fraction of sp³-hybridized carbons (Fsp3) is 0.611. The van der Waals surface area contributed by atoms with Crippen LogP contribution < -0.4 is 9.47 Å². The summed E-state index contributed by atoms with van der Waals surface area (Å²) in [6.07, 6.45) is -2.86. The Labute approximate surface area is 142 Å². The highest BCUT2D eigenvalue weighted by Crippen LogP contribution is 2.64. The van der Waals surface area contributed by atoms with Crippen LogP contribution >= 0.6 is 0 Å². The van der Waals surface area contributed by atoms with E-state index >= 15 is 0 Å². The highest BCUT2D eigenvalue weighted by molar-refractivity contribution is 5.90. The normalized spacial score (nSPS) is 46.5. The molecule has 0 radical (unpaired) electrons. The average molecular weight is 320 g/mol. The summed E-state index contributed by atoms with van der Waals surface area (Å²) in [5.41, 5.74) is -1.09. The van der Waals surface area contributed by atoms with Gasteiger partial charge in [0.25, 0.3) is 0 Å². The number of ketones is 1. The van der Waals surface area contributed by atoms with Gasteiger partial charge in [-0.15, -0.1) is 0 Å². The number of Topliss-reactive ketones (excluding diaryl/α,β-unsaturated/α-hetero) is 1. The number of hydrogen-bond acceptors (Lipinski definition) is 5. The summed E-state index contributed by atoms with van der Waals surface area (Å²) in [5, 5.41) is 11.9. The van der Waals surface area contributed by atoms with Crippen LogP contribution in [0.5, 0.6) is 11.5 Å². The highest BCUT2D eigenvalue weighted by atomic mass is 16.5. The molecular formula is C18H21NO4. The van der Waals surface area contributed by atoms with Crippen molar-refractivity contribution in [2.75, 3.05) is 20.6 Å². The zero-order chi connectivity index (χ0) is 20.3. The van der Waals surface area contributed by atoms with E-state index in [0.29, 0.717) is 24.9 Å². The van der Waals surface area contributed by atoms with E-state index in [-0.39, 0.29) is 24.0 Å². The van der Waals surface area contributed by atoms with Crippen LogP contribution in [0.2, 0.25) is 0 Å². The number of aliphatic hydroxyl groups is 1. The quantitative estimate of drug-likeness (QED) is 0.838. The SMILES string of the molecule is [2H]C([2H])([2H])Oc1ccc2c3c1OC1C(=O)C([2H])([2H])C[C@@]4(O)[C@@H](C2)N(C)CC[C@]314. The van der Waals surface area contributed by atoms with Gasteiger partial charge in [0.05, 0.1) is 22.2 Å². The van der Waals surface area contributed by atoms with Crippen LogP contribution in [0.15, 0.2) is 12.1 Å². The van der Waals surface area contributed by atoms with Crippen molar-refractivity contribution in [1.82, 2.24) is 4.90 Å². The first kappa shape index (κ1) is 9.64. The lowest BCUT2D eigenvalue weighted by Crippen LogP contribution is -2.76. The molecule has 5 heteroatoms. The van der Waals surface area contributed by atoms with E-state index in [0.717, 1.165) is 5.56 Å². The minimum atomic E-state index is -2.70. The van der Waals surface area contributed by atoms with Gasteiger partial charge in [-0.25, -0.2) is 0 Å². The highest BCUT2D eigenvalue weighted by Gasteiger charge is 2.72. The first-order valence-electron chi connectivity index (χ1n) is 10.4. The summed E-state index contributed by atoms with van der Waals surface area (Å²) in [7, 11) is -0.803. The van der Waals surface area contributed by atoms with Gasteiger partial charge in [-0.3, -0.25) is 4.79 Å². The lowest BCUT2D eigenvalue weighted by molar-refractivity contribution is -0.185. The summed E-state index contributed by atoms with van der Waals surface area (Å²) < 4.78 is 49.8. The molecule has 1 aromatic carbocycles. The molecule has 2 fully saturated rings. The molecule has 2 bridgehead atoms. The zero-order valence-electron chi connectivity index (χ0n) is 17.8. The summed E-state index contributed by atoms with van der Waals surface area (Å²) >= 11 is 0. The third-order valence-electron chi connectivity index (χ3n) is 6.35. The molecule has 2 heterocycles. The van der Waals surface area contributed by atoms with Crippen molar-refractivity contribution in [3.63, 3.8) is 0 Å². The first-order chi connectivity index (χ1) is 12.9. The van der Waals surface area contributed by atoms with E-state index < -0.39 is 36.3 Å². The van der Waals surface area contributed by atoms with Gasteiger partial charge >= 0.3 is 0 Å². The topological polar surface area (TPSA) is 59.0 Å². The lowest BCUT2D eigenvalue weighted by atomic mass is 9.49. The number of piperidine rings is 1. The Balaban J connectivity index is 1.79. The third kappa shape index (κ3) is 1.32. The predicted molar refractivity (Wildman–Crippen MR) is 83.0 cm³/mol. The van der Waals surface area contributed by atoms with Gasteiger partial charge in [0.1, 0.15) is 0 Å². The summed E-state index contributed by atoms with van der Waals surface area (Å²) in [4.78, 5) is 15.0. The molecule has 4 aliphatic rings. The molecule has 2 aliphatic heterocycles. The molecule has 1 spiro atoms. The molecule has 23 heavy (non-hydrogen) atoms. The summed E-state index contributed by atoms with van der Waals surface area (Å²) in [6, 6.07) is 2.93. The maximum Gasteiger partial charge on any atom is 0.174 e. The predicted octanol–water partition coefficient (Wildman–Crippen LogP) is 1.05. The van der Waals surface area contributed by atoms with Crippen LogP contribution in [-0.2, 0) is 16.6 Å². The van der Waals surface area contributed by atoms with Crippen molar-refractivity contribution in [3.8, 4) is 11.5 Å². The van der Waals surface area contributed by atoms with Crippen LogP contribution in [0.25, 0.3) is 0 Å². The number of carbonyl (C=O) groups excluding carboxylic acids is 1. The van der Waals surface area contributed by atoms with Gasteiger partial charge in [-0.05, 0) is 44.5 Å². The van der Waals surface area contributed by atoms with Crippen LogP contribution in [0, 0.1) is 0 Å². The summed E-state index contributed by atoms with van der Waals surface area (Å²) in [6.45, 7) is 0.617. The molecule has 1 N–H and O–H groups in total. The van der Waals surface area contributed by atoms with Crippen molar-refractivity contribution in [2.45, 2.75) is 48.8 Å². The van der Waals surface area contributed by atoms with Gasteiger partial charge in [0.2, 0.25) is 0 Å². The van der Waals surface area contributed by atoms with E-state index in [9.17, 15) is 9.90 Å². The molecule has 1 saturated carbocycles. The molecule has 1 aromatic rings. The fourth-order valence-corrected chi connectivity index (χ4v) is 5.30. The molecule has 1 unspecified atom stereocenters. The maximum absolute atomic E-state index is 13.0. The molecular weight excluding hydrogens is 294 g/mol. The van der Waals surface area contributed by atoms with E-state index in [4.69, 9.17) is 16.3 Å². The second-order valence-electron chi connectivity index (χ2n) is 7.09. The molecule has 5 rings (SSSR count). The fourth-order valence-electron chi connectivity index (χ4n) is 5.30. The molecule has 5 nitrogen and oxygen atoms in total. The van der Waals surface area contributed by atoms with Gasteiger partial charge in [-0.2, -0.15) is 0 Å². The molecule has 0 amide bonds. The minimum Gasteiger partial charge on any atom is -0.493 e. The van der Waals surface area contributed by atoms with E-state index in [1.54, 1.807) is 6.07 Å². The van der Waals surface area contributed by atoms with Gasteiger partial charge < -0.3 is 19.5 Å². The van der Waals surface area contributed by atoms with Gasteiger partial charge in [0.15, 0.2) is 23.4 Å². The smallest absolute Gasteiger partial charge is 0.174 e. The first-order valence-corrected chi connectivity index (χ1v) is 7.90. The second-order valence-corrected chi connectivity index (χ2v) is 7.09. The average Bonchev–Trinajstić information content (AvgIpc) is 2.90. The van der Waals surface area contributed by atoms with Crippen molar-refractivity contribution in [3.05, 3.63) is 23.3 Å². The number of hydrogen-bond donors (Lipinski definition) is 1. The number of likely N-dealkylation sites (N-methyl/N-ethyl adjacent to an activating group) is 1. The molecule has 2 aliphatic carbocycles. The Morgan fingerprint density at radius 3 is 3.22 bits per heavy atom. The van der Waals surface area contributed by atoms with Crippen LogP contribution in [-0.4, -0.2) is 54.2 Å². The Morgan fingerprint density at radius 2 is 2.39 bits per heavy atom. The number of rotatable bonds is 1. The number of benzene rings is 1. The minimum absolute atomic E-state index is 0.00406. The number of carbonyl (C=O) groups is 1. The Hall–Kier alpha value is -1.59. The van der Waals surface area contributed by atoms with Crippen LogP contribution in [0.4, 0.5) is 0 Å². The number of nitrogens with zero attached hydrogens (tertiary/aromatic N) is 1. The monoisotopic (exact) mass is 320 g/mol.